The molecule has 0 saturated heterocycles. The third-order valence-corrected chi connectivity index (χ3v) is 4.87. The Kier molecular flexibility index (Phi) is 6.98. The van der Waals surface area contributed by atoms with Gasteiger partial charge < -0.3 is 15.0 Å². The van der Waals surface area contributed by atoms with Gasteiger partial charge in [-0.05, 0) is 76.6 Å². The number of hydrogen-bond donors (Lipinski definition) is 1. The lowest BCUT2D eigenvalue weighted by Gasteiger charge is -2.27. The lowest BCUT2D eigenvalue weighted by molar-refractivity contribution is 0.0245. The molecule has 0 aliphatic heterocycles. The van der Waals surface area contributed by atoms with Gasteiger partial charge in [-0.1, -0.05) is 18.2 Å². The number of hydrogen-bond acceptors (Lipinski definition) is 4. The number of para-hydroxylation sites is 1. The van der Waals surface area contributed by atoms with E-state index in [0.29, 0.717) is 24.3 Å². The van der Waals surface area contributed by atoms with Crippen LogP contribution >= 0.6 is 0 Å². The highest BCUT2D eigenvalue weighted by Gasteiger charge is 2.22. The van der Waals surface area contributed by atoms with E-state index in [0.717, 1.165) is 16.9 Å². The molecule has 7 heteroatoms. The van der Waals surface area contributed by atoms with Gasteiger partial charge in [0.25, 0.3) is 5.91 Å². The lowest BCUT2D eigenvalue weighted by Crippen LogP contribution is -2.36. The predicted octanol–water partition coefficient (Wildman–Crippen LogP) is 5.19. The van der Waals surface area contributed by atoms with E-state index in [1.165, 1.54) is 0 Å². The van der Waals surface area contributed by atoms with Crippen LogP contribution in [0, 0.1) is 6.92 Å². The molecule has 2 aromatic carbocycles. The van der Waals surface area contributed by atoms with Gasteiger partial charge in [0.2, 0.25) is 0 Å². The van der Waals surface area contributed by atoms with Gasteiger partial charge >= 0.3 is 6.09 Å². The summed E-state index contributed by atoms with van der Waals surface area (Å²) in [5.74, 6) is -0.221. The summed E-state index contributed by atoms with van der Waals surface area (Å²) in [6.07, 6.45) is 1.36. The molecule has 1 aromatic heterocycles. The van der Waals surface area contributed by atoms with Crippen LogP contribution in [0.1, 0.15) is 49.3 Å². The molecule has 0 radical (unpaired) electrons. The molecule has 0 atom stereocenters. The van der Waals surface area contributed by atoms with Crippen molar-refractivity contribution < 1.29 is 14.3 Å². The van der Waals surface area contributed by atoms with E-state index < -0.39 is 5.60 Å². The summed E-state index contributed by atoms with van der Waals surface area (Å²) in [5.41, 5.74) is 3.36. The molecular formula is C25H30N4O3. The molecule has 0 unspecified atom stereocenters. The van der Waals surface area contributed by atoms with Crippen molar-refractivity contribution in [3.63, 3.8) is 0 Å². The fourth-order valence-electron chi connectivity index (χ4n) is 3.21. The number of aromatic nitrogens is 2. The molecule has 3 rings (SSSR count). The monoisotopic (exact) mass is 434 g/mol. The van der Waals surface area contributed by atoms with Crippen molar-refractivity contribution in [1.29, 1.82) is 0 Å². The Hall–Kier alpha value is -3.61. The van der Waals surface area contributed by atoms with Crippen LogP contribution in [0.25, 0.3) is 5.69 Å². The topological polar surface area (TPSA) is 76.5 Å². The van der Waals surface area contributed by atoms with Gasteiger partial charge in [-0.25, -0.2) is 9.48 Å². The van der Waals surface area contributed by atoms with Crippen LogP contribution in [0.4, 0.5) is 10.5 Å². The van der Waals surface area contributed by atoms with E-state index in [9.17, 15) is 9.59 Å². The fourth-order valence-corrected chi connectivity index (χ4v) is 3.21. The molecule has 7 nitrogen and oxygen atoms in total. The van der Waals surface area contributed by atoms with Gasteiger partial charge in [0.15, 0.2) is 0 Å². The smallest absolute Gasteiger partial charge is 0.410 e. The van der Waals surface area contributed by atoms with Crippen LogP contribution in [0.15, 0.2) is 60.8 Å². The SMILES string of the molecule is CCN(Cc1ccccc1NC(=O)c1ccc(-n2nccc2C)cc1)C(=O)OC(C)(C)C. The Balaban J connectivity index is 1.73. The van der Waals surface area contributed by atoms with Crippen molar-refractivity contribution in [2.45, 2.75) is 46.8 Å². The number of carbonyl (C=O) groups is 2. The molecular weight excluding hydrogens is 404 g/mol. The molecule has 0 saturated carbocycles. The number of aryl methyl sites for hydroxylation is 1. The quantitative estimate of drug-likeness (QED) is 0.579. The molecule has 0 spiro atoms. The fraction of sp³-hybridized carbons (Fsp3) is 0.320. The zero-order valence-electron chi connectivity index (χ0n) is 19.3. The molecule has 3 aromatic rings. The van der Waals surface area contributed by atoms with Crippen molar-refractivity contribution in [1.82, 2.24) is 14.7 Å². The Bertz CT molecular complexity index is 1080. The maximum absolute atomic E-state index is 12.9. The second-order valence-corrected chi connectivity index (χ2v) is 8.54. The van der Waals surface area contributed by atoms with Crippen molar-refractivity contribution in [3.05, 3.63) is 77.6 Å². The Morgan fingerprint density at radius 3 is 2.34 bits per heavy atom. The highest BCUT2D eigenvalue weighted by atomic mass is 16.6. The summed E-state index contributed by atoms with van der Waals surface area (Å²) in [4.78, 5) is 27.0. The first kappa shape index (κ1) is 23.1. The number of benzene rings is 2. The minimum atomic E-state index is -0.570. The number of amides is 2. The Labute approximate surface area is 189 Å². The maximum Gasteiger partial charge on any atom is 0.410 e. The summed E-state index contributed by atoms with van der Waals surface area (Å²) in [6, 6.07) is 16.7. The zero-order valence-corrected chi connectivity index (χ0v) is 19.3. The van der Waals surface area contributed by atoms with Crippen LogP contribution in [0.2, 0.25) is 0 Å². The molecule has 0 bridgehead atoms. The van der Waals surface area contributed by atoms with Crippen molar-refractivity contribution >= 4 is 17.7 Å². The van der Waals surface area contributed by atoms with Crippen LogP contribution in [-0.4, -0.2) is 38.8 Å². The predicted molar refractivity (Wildman–Crippen MR) is 125 cm³/mol. The lowest BCUT2D eigenvalue weighted by atomic mass is 10.1. The second-order valence-electron chi connectivity index (χ2n) is 8.54. The molecule has 168 valence electrons. The highest BCUT2D eigenvalue weighted by Crippen LogP contribution is 2.20. The summed E-state index contributed by atoms with van der Waals surface area (Å²) in [7, 11) is 0. The van der Waals surface area contributed by atoms with Gasteiger partial charge in [0, 0.05) is 29.7 Å². The van der Waals surface area contributed by atoms with Gasteiger partial charge in [-0.15, -0.1) is 0 Å². The second kappa shape index (κ2) is 9.68. The minimum Gasteiger partial charge on any atom is -0.444 e. The van der Waals surface area contributed by atoms with E-state index in [1.54, 1.807) is 23.2 Å². The van der Waals surface area contributed by atoms with Crippen molar-refractivity contribution in [2.75, 3.05) is 11.9 Å². The summed E-state index contributed by atoms with van der Waals surface area (Å²) >= 11 is 0. The minimum absolute atomic E-state index is 0.221. The van der Waals surface area contributed by atoms with Gasteiger partial charge in [-0.3, -0.25) is 4.79 Å². The first-order valence-corrected chi connectivity index (χ1v) is 10.7. The molecule has 0 fully saturated rings. The average Bonchev–Trinajstić information content (AvgIpc) is 3.17. The van der Waals surface area contributed by atoms with Crippen molar-refractivity contribution in [3.8, 4) is 5.69 Å². The molecule has 32 heavy (non-hydrogen) atoms. The van der Waals surface area contributed by atoms with Crippen molar-refractivity contribution in [2.24, 2.45) is 0 Å². The van der Waals surface area contributed by atoms with E-state index in [4.69, 9.17) is 4.74 Å². The first-order chi connectivity index (χ1) is 15.2. The zero-order chi connectivity index (χ0) is 23.3. The van der Waals surface area contributed by atoms with Gasteiger partial charge in [0.1, 0.15) is 5.60 Å². The van der Waals surface area contributed by atoms with Crippen LogP contribution in [-0.2, 0) is 11.3 Å². The van der Waals surface area contributed by atoms with Gasteiger partial charge in [-0.2, -0.15) is 5.10 Å². The highest BCUT2D eigenvalue weighted by molar-refractivity contribution is 6.04. The number of nitrogens with one attached hydrogen (secondary N) is 1. The number of ether oxygens (including phenoxy) is 1. The standard InChI is InChI=1S/C25H30N4O3/c1-6-28(24(31)32-25(3,4)5)17-20-9-7-8-10-22(20)27-23(30)19-11-13-21(14-12-19)29-18(2)15-16-26-29/h7-16H,6,17H2,1-5H3,(H,27,30). The Morgan fingerprint density at radius 2 is 1.75 bits per heavy atom. The Morgan fingerprint density at radius 1 is 1.06 bits per heavy atom. The van der Waals surface area contributed by atoms with E-state index in [2.05, 4.69) is 10.4 Å². The van der Waals surface area contributed by atoms with Crippen LogP contribution in [0.5, 0.6) is 0 Å². The van der Waals surface area contributed by atoms with E-state index in [1.807, 2.05) is 81.8 Å². The average molecular weight is 435 g/mol. The molecule has 0 aliphatic rings. The molecule has 2 amide bonds. The maximum atomic E-state index is 12.9. The number of anilines is 1. The normalized spacial score (nSPS) is 11.2. The van der Waals surface area contributed by atoms with Crippen LogP contribution < -0.4 is 5.32 Å². The molecule has 0 aliphatic carbocycles. The van der Waals surface area contributed by atoms with E-state index in [-0.39, 0.29) is 12.0 Å². The van der Waals surface area contributed by atoms with Gasteiger partial charge in [0.05, 0.1) is 12.2 Å². The number of carbonyl (C=O) groups excluding carboxylic acids is 2. The number of nitrogens with zero attached hydrogens (tertiary/aromatic N) is 3. The summed E-state index contributed by atoms with van der Waals surface area (Å²) in [5, 5.41) is 7.25. The van der Waals surface area contributed by atoms with E-state index >= 15 is 0 Å². The molecule has 1 heterocycles. The number of rotatable bonds is 6. The largest absolute Gasteiger partial charge is 0.444 e. The third kappa shape index (κ3) is 5.75. The first-order valence-electron chi connectivity index (χ1n) is 10.7. The summed E-state index contributed by atoms with van der Waals surface area (Å²) < 4.78 is 7.31. The summed E-state index contributed by atoms with van der Waals surface area (Å²) in [6.45, 7) is 10.2. The molecule has 1 N–H and O–H groups in total. The third-order valence-electron chi connectivity index (χ3n) is 4.87. The van der Waals surface area contributed by atoms with Crippen LogP contribution in [0.3, 0.4) is 0 Å².